The Kier molecular flexibility index (Phi) is 5.29. The lowest BCUT2D eigenvalue weighted by Gasteiger charge is -2.21. The number of nitrogens with zero attached hydrogens (tertiary/aromatic N) is 3. The van der Waals surface area contributed by atoms with Crippen molar-refractivity contribution >= 4 is 38.1 Å². The van der Waals surface area contributed by atoms with E-state index in [1.807, 2.05) is 46.8 Å². The van der Waals surface area contributed by atoms with E-state index in [1.54, 1.807) is 24.3 Å². The van der Waals surface area contributed by atoms with E-state index in [2.05, 4.69) is 15.9 Å². The summed E-state index contributed by atoms with van der Waals surface area (Å²) in [6, 6.07) is 21.4. The zero-order valence-corrected chi connectivity index (χ0v) is 18.6. The Hall–Kier alpha value is -3.03. The molecule has 154 valence electrons. The lowest BCUT2D eigenvalue weighted by atomic mass is 9.98. The smallest absolute Gasteiger partial charge is 0.207 e. The number of hydrogen-bond donors (Lipinski definition) is 1. The molecule has 2 heterocycles. The number of phenols is 1. The van der Waals surface area contributed by atoms with Gasteiger partial charge in [-0.2, -0.15) is 5.10 Å². The maximum absolute atomic E-state index is 13.4. The second-order valence-corrected chi connectivity index (χ2v) is 8.95. The van der Waals surface area contributed by atoms with E-state index in [4.69, 9.17) is 10.1 Å². The van der Waals surface area contributed by atoms with Crippen molar-refractivity contribution in [1.29, 1.82) is 0 Å². The highest BCUT2D eigenvalue weighted by Gasteiger charge is 2.33. The first-order chi connectivity index (χ1) is 15.1. The third kappa shape index (κ3) is 3.98. The van der Waals surface area contributed by atoms with Gasteiger partial charge in [0.2, 0.25) is 5.13 Å². The highest BCUT2D eigenvalue weighted by molar-refractivity contribution is 9.10. The summed E-state index contributed by atoms with van der Waals surface area (Å²) in [5.41, 5.74) is 4.35. The Balaban J connectivity index is 1.54. The molecule has 7 heteroatoms. The molecule has 0 saturated heterocycles. The minimum absolute atomic E-state index is 0.204. The average molecular weight is 494 g/mol. The lowest BCUT2D eigenvalue weighted by molar-refractivity contribution is 0.461. The quantitative estimate of drug-likeness (QED) is 0.341. The van der Waals surface area contributed by atoms with Crippen LogP contribution in [-0.4, -0.2) is 15.8 Å². The van der Waals surface area contributed by atoms with Crippen molar-refractivity contribution < 1.29 is 9.50 Å². The third-order valence-electron chi connectivity index (χ3n) is 5.21. The number of benzene rings is 3. The van der Waals surface area contributed by atoms with E-state index in [0.717, 1.165) is 37.7 Å². The van der Waals surface area contributed by atoms with E-state index >= 15 is 0 Å². The summed E-state index contributed by atoms with van der Waals surface area (Å²) in [5, 5.41) is 19.9. The molecule has 0 fully saturated rings. The molecular formula is C24H17BrFN3OS. The summed E-state index contributed by atoms with van der Waals surface area (Å²) in [6.45, 7) is 0. The molecule has 0 aliphatic carbocycles. The molecule has 4 nitrogen and oxygen atoms in total. The van der Waals surface area contributed by atoms with E-state index in [0.29, 0.717) is 6.42 Å². The molecule has 1 N–H and O–H groups in total. The monoisotopic (exact) mass is 493 g/mol. The van der Waals surface area contributed by atoms with Crippen LogP contribution in [0.3, 0.4) is 0 Å². The van der Waals surface area contributed by atoms with Crippen molar-refractivity contribution in [2.75, 3.05) is 5.01 Å². The number of thiazole rings is 1. The number of halogens is 2. The first-order valence-corrected chi connectivity index (χ1v) is 11.4. The summed E-state index contributed by atoms with van der Waals surface area (Å²) in [5.74, 6) is -0.0618. The van der Waals surface area contributed by atoms with Crippen LogP contribution < -0.4 is 5.01 Å². The average Bonchev–Trinajstić information content (AvgIpc) is 3.43. The number of anilines is 1. The molecule has 0 saturated carbocycles. The number of phenolic OH excluding ortho intramolecular Hbond substituents is 1. The fourth-order valence-electron chi connectivity index (χ4n) is 3.64. The van der Waals surface area contributed by atoms with Gasteiger partial charge in [0.15, 0.2) is 0 Å². The summed E-state index contributed by atoms with van der Waals surface area (Å²) in [4.78, 5) is 4.82. The van der Waals surface area contributed by atoms with Crippen LogP contribution in [0.1, 0.15) is 23.6 Å². The fraction of sp³-hybridized carbons (Fsp3) is 0.0833. The van der Waals surface area contributed by atoms with E-state index in [1.165, 1.54) is 23.5 Å². The molecule has 0 spiro atoms. The molecule has 0 amide bonds. The number of para-hydroxylation sites is 1. The van der Waals surface area contributed by atoms with Gasteiger partial charge in [0, 0.05) is 27.4 Å². The number of aromatic nitrogens is 1. The summed E-state index contributed by atoms with van der Waals surface area (Å²) in [6.07, 6.45) is 0.580. The predicted molar refractivity (Wildman–Crippen MR) is 126 cm³/mol. The van der Waals surface area contributed by atoms with E-state index < -0.39 is 0 Å². The summed E-state index contributed by atoms with van der Waals surface area (Å²) < 4.78 is 14.4. The van der Waals surface area contributed by atoms with Crippen LogP contribution in [0.2, 0.25) is 0 Å². The highest BCUT2D eigenvalue weighted by atomic mass is 79.9. The Morgan fingerprint density at radius 2 is 1.68 bits per heavy atom. The molecule has 0 radical (unpaired) electrons. The van der Waals surface area contributed by atoms with E-state index in [-0.39, 0.29) is 17.6 Å². The first kappa shape index (κ1) is 19.9. The maximum atomic E-state index is 13.4. The van der Waals surface area contributed by atoms with Crippen molar-refractivity contribution in [2.45, 2.75) is 12.5 Å². The largest absolute Gasteiger partial charge is 0.508 e. The minimum Gasteiger partial charge on any atom is -0.508 e. The van der Waals surface area contributed by atoms with Gasteiger partial charge in [-0.25, -0.2) is 14.4 Å². The minimum atomic E-state index is -0.282. The van der Waals surface area contributed by atoms with E-state index in [9.17, 15) is 9.50 Å². The summed E-state index contributed by atoms with van der Waals surface area (Å²) in [7, 11) is 0. The van der Waals surface area contributed by atoms with Crippen molar-refractivity contribution in [3.05, 3.63) is 99.6 Å². The van der Waals surface area contributed by atoms with Crippen LogP contribution in [0, 0.1) is 5.82 Å². The molecule has 31 heavy (non-hydrogen) atoms. The van der Waals surface area contributed by atoms with Gasteiger partial charge in [0.25, 0.3) is 0 Å². The van der Waals surface area contributed by atoms with Gasteiger partial charge in [-0.3, -0.25) is 0 Å². The van der Waals surface area contributed by atoms with Crippen LogP contribution in [0.5, 0.6) is 5.75 Å². The van der Waals surface area contributed by atoms with Gasteiger partial charge < -0.3 is 5.11 Å². The Morgan fingerprint density at radius 3 is 2.42 bits per heavy atom. The molecule has 1 aliphatic rings. The number of rotatable bonds is 4. The van der Waals surface area contributed by atoms with Gasteiger partial charge in [-0.1, -0.05) is 58.4 Å². The SMILES string of the molecule is Oc1ccccc1C1CC(c2ccc(F)cc2)=NN1c1nc(-c2ccc(Br)cc2)cs1. The maximum Gasteiger partial charge on any atom is 0.207 e. The van der Waals surface area contributed by atoms with Crippen LogP contribution >= 0.6 is 27.3 Å². The Morgan fingerprint density at radius 1 is 0.968 bits per heavy atom. The molecule has 1 unspecified atom stereocenters. The number of hydrogen-bond acceptors (Lipinski definition) is 5. The Bertz CT molecular complexity index is 1250. The predicted octanol–water partition coefficient (Wildman–Crippen LogP) is 6.77. The molecule has 1 aliphatic heterocycles. The number of aromatic hydroxyl groups is 1. The first-order valence-electron chi connectivity index (χ1n) is 9.70. The van der Waals surface area contributed by atoms with Gasteiger partial charge >= 0.3 is 0 Å². The second-order valence-electron chi connectivity index (χ2n) is 7.20. The van der Waals surface area contributed by atoms with Crippen molar-refractivity contribution in [3.8, 4) is 17.0 Å². The van der Waals surface area contributed by atoms with Crippen LogP contribution in [0.4, 0.5) is 9.52 Å². The molecule has 4 aromatic rings. The molecule has 0 bridgehead atoms. The zero-order chi connectivity index (χ0) is 21.4. The standard InChI is InChI=1S/C24H17BrFN3OS/c25-17-9-5-16(6-10-17)21-14-31-24(27-21)29-22(19-3-1-2-4-23(19)30)13-20(28-29)15-7-11-18(26)12-8-15/h1-12,14,22,30H,13H2. The Labute approximate surface area is 191 Å². The zero-order valence-electron chi connectivity index (χ0n) is 16.2. The molecular weight excluding hydrogens is 477 g/mol. The van der Waals surface area contributed by atoms with Crippen molar-refractivity contribution in [1.82, 2.24) is 4.98 Å². The van der Waals surface area contributed by atoms with Gasteiger partial charge in [-0.15, -0.1) is 11.3 Å². The molecule has 1 aromatic heterocycles. The van der Waals surface area contributed by atoms with Crippen LogP contribution in [0.25, 0.3) is 11.3 Å². The molecule has 5 rings (SSSR count). The van der Waals surface area contributed by atoms with Gasteiger partial charge in [-0.05, 0) is 35.9 Å². The molecule has 3 aromatic carbocycles. The third-order valence-corrected chi connectivity index (χ3v) is 6.57. The fourth-order valence-corrected chi connectivity index (χ4v) is 4.74. The topological polar surface area (TPSA) is 48.7 Å². The van der Waals surface area contributed by atoms with Crippen molar-refractivity contribution in [3.63, 3.8) is 0 Å². The molecule has 1 atom stereocenters. The number of hydrazone groups is 1. The van der Waals surface area contributed by atoms with Gasteiger partial charge in [0.05, 0.1) is 17.4 Å². The second kappa shape index (κ2) is 8.24. The lowest BCUT2D eigenvalue weighted by Crippen LogP contribution is -2.18. The van der Waals surface area contributed by atoms with Crippen LogP contribution in [0.15, 0.2) is 87.8 Å². The summed E-state index contributed by atoms with van der Waals surface area (Å²) >= 11 is 4.96. The highest BCUT2D eigenvalue weighted by Crippen LogP contribution is 2.41. The van der Waals surface area contributed by atoms with Gasteiger partial charge in [0.1, 0.15) is 11.6 Å². The van der Waals surface area contributed by atoms with Crippen LogP contribution in [-0.2, 0) is 0 Å². The normalized spacial score (nSPS) is 15.9. The van der Waals surface area contributed by atoms with Crippen molar-refractivity contribution in [2.24, 2.45) is 5.10 Å².